The van der Waals surface area contributed by atoms with Crippen molar-refractivity contribution in [2.24, 2.45) is 11.7 Å². The van der Waals surface area contributed by atoms with Crippen LogP contribution in [0.15, 0.2) is 27.6 Å². The number of hydrogen-bond donors (Lipinski definition) is 1. The smallest absolute Gasteiger partial charge is 0.0218 e. The molecule has 0 aromatic heterocycles. The second-order valence-electron chi connectivity index (χ2n) is 4.36. The molecule has 0 heterocycles. The summed E-state index contributed by atoms with van der Waals surface area (Å²) in [6.07, 6.45) is 0.936. The van der Waals surface area contributed by atoms with Crippen molar-refractivity contribution in [3.8, 4) is 0 Å². The molecule has 0 fully saturated rings. The molecule has 0 bridgehead atoms. The number of nitrogens with two attached hydrogens (primary N) is 1. The topological polar surface area (TPSA) is 26.0 Å². The maximum absolute atomic E-state index is 5.56. The summed E-state index contributed by atoms with van der Waals surface area (Å²) >= 11 is 5.54. The lowest BCUT2D eigenvalue weighted by Crippen LogP contribution is -2.05. The molecule has 0 saturated carbocycles. The van der Waals surface area contributed by atoms with E-state index in [9.17, 15) is 0 Å². The molecule has 1 nitrogen and oxygen atoms in total. The molecular weight excluding hydrogens is 282 g/mol. The highest BCUT2D eigenvalue weighted by atomic mass is 79.9. The van der Waals surface area contributed by atoms with Gasteiger partial charge in [-0.25, -0.2) is 0 Å². The average molecular weight is 302 g/mol. The van der Waals surface area contributed by atoms with Gasteiger partial charge in [-0.2, -0.15) is 0 Å². The summed E-state index contributed by atoms with van der Waals surface area (Å²) in [5, 5.41) is 0.646. The van der Waals surface area contributed by atoms with E-state index in [1.54, 1.807) is 0 Å². The van der Waals surface area contributed by atoms with E-state index >= 15 is 0 Å². The molecule has 1 rings (SSSR count). The summed E-state index contributed by atoms with van der Waals surface area (Å²) in [4.78, 5) is 1.33. The van der Waals surface area contributed by atoms with Gasteiger partial charge in [-0.3, -0.25) is 0 Å². The van der Waals surface area contributed by atoms with Gasteiger partial charge in [0.25, 0.3) is 0 Å². The van der Waals surface area contributed by atoms with E-state index in [1.165, 1.54) is 14.9 Å². The molecule has 0 spiro atoms. The van der Waals surface area contributed by atoms with Crippen molar-refractivity contribution < 1.29 is 0 Å². The Balaban J connectivity index is 2.73. The van der Waals surface area contributed by atoms with Crippen LogP contribution in [0.2, 0.25) is 0 Å². The molecule has 0 aliphatic carbocycles. The Labute approximate surface area is 111 Å². The van der Waals surface area contributed by atoms with E-state index in [2.05, 4.69) is 54.9 Å². The van der Waals surface area contributed by atoms with Crippen molar-refractivity contribution in [1.29, 1.82) is 0 Å². The predicted octanol–water partition coefficient (Wildman–Crippen LogP) is 4.09. The van der Waals surface area contributed by atoms with Gasteiger partial charge in [-0.1, -0.05) is 42.8 Å². The quantitative estimate of drug-likeness (QED) is 0.829. The van der Waals surface area contributed by atoms with Crippen molar-refractivity contribution in [2.45, 2.75) is 37.3 Å². The fourth-order valence-corrected chi connectivity index (χ4v) is 3.07. The van der Waals surface area contributed by atoms with Crippen LogP contribution in [0.5, 0.6) is 0 Å². The molecule has 1 unspecified atom stereocenters. The van der Waals surface area contributed by atoms with Crippen molar-refractivity contribution in [2.75, 3.05) is 6.54 Å². The lowest BCUT2D eigenvalue weighted by Gasteiger charge is -2.15. The first-order valence-electron chi connectivity index (χ1n) is 5.69. The Morgan fingerprint density at radius 1 is 1.31 bits per heavy atom. The second-order valence-corrected chi connectivity index (χ2v) is 6.66. The number of halogens is 1. The lowest BCUT2D eigenvalue weighted by atomic mass is 10.1. The van der Waals surface area contributed by atoms with Gasteiger partial charge >= 0.3 is 0 Å². The molecule has 1 aromatic carbocycles. The standard InChI is InChI=1S/C13H20BrNS/c1-9(2)10(3)16-12-5-4-11(6-7-15)13(14)8-12/h4-5,8-10H,6-7,15H2,1-3H3. The van der Waals surface area contributed by atoms with Crippen molar-refractivity contribution >= 4 is 27.7 Å². The van der Waals surface area contributed by atoms with Crippen LogP contribution in [-0.4, -0.2) is 11.8 Å². The van der Waals surface area contributed by atoms with Crippen LogP contribution in [0.1, 0.15) is 26.3 Å². The summed E-state index contributed by atoms with van der Waals surface area (Å²) < 4.78 is 1.18. The van der Waals surface area contributed by atoms with Crippen LogP contribution in [0.3, 0.4) is 0 Å². The van der Waals surface area contributed by atoms with E-state index in [1.807, 2.05) is 11.8 Å². The van der Waals surface area contributed by atoms with Gasteiger partial charge in [0.1, 0.15) is 0 Å². The van der Waals surface area contributed by atoms with E-state index in [-0.39, 0.29) is 0 Å². The van der Waals surface area contributed by atoms with Gasteiger partial charge in [0, 0.05) is 14.6 Å². The third-order valence-electron chi connectivity index (χ3n) is 2.70. The van der Waals surface area contributed by atoms with Crippen LogP contribution in [0.25, 0.3) is 0 Å². The molecule has 0 aliphatic rings. The van der Waals surface area contributed by atoms with Gasteiger partial charge < -0.3 is 5.73 Å². The average Bonchev–Trinajstić information content (AvgIpc) is 2.22. The van der Waals surface area contributed by atoms with Crippen LogP contribution in [0, 0.1) is 5.92 Å². The van der Waals surface area contributed by atoms with Crippen molar-refractivity contribution in [3.05, 3.63) is 28.2 Å². The van der Waals surface area contributed by atoms with E-state index < -0.39 is 0 Å². The SMILES string of the molecule is CC(C)C(C)Sc1ccc(CCN)c(Br)c1. The molecule has 1 aromatic rings. The minimum absolute atomic E-state index is 0.646. The van der Waals surface area contributed by atoms with E-state index in [0.29, 0.717) is 17.7 Å². The maximum Gasteiger partial charge on any atom is 0.0218 e. The Morgan fingerprint density at radius 2 is 2.00 bits per heavy atom. The summed E-state index contributed by atoms with van der Waals surface area (Å²) in [6.45, 7) is 7.50. The van der Waals surface area contributed by atoms with E-state index in [0.717, 1.165) is 6.42 Å². The minimum Gasteiger partial charge on any atom is -0.330 e. The minimum atomic E-state index is 0.646. The molecule has 0 amide bonds. The maximum atomic E-state index is 5.56. The van der Waals surface area contributed by atoms with Crippen LogP contribution >= 0.6 is 27.7 Å². The van der Waals surface area contributed by atoms with Crippen LogP contribution in [-0.2, 0) is 6.42 Å². The molecule has 16 heavy (non-hydrogen) atoms. The molecule has 90 valence electrons. The normalized spacial score (nSPS) is 13.1. The zero-order valence-electron chi connectivity index (χ0n) is 10.2. The highest BCUT2D eigenvalue weighted by molar-refractivity contribution is 9.10. The van der Waals surface area contributed by atoms with E-state index in [4.69, 9.17) is 5.73 Å². The predicted molar refractivity (Wildman–Crippen MR) is 77.1 cm³/mol. The molecule has 2 N–H and O–H groups in total. The number of benzene rings is 1. The monoisotopic (exact) mass is 301 g/mol. The first kappa shape index (κ1) is 14.1. The highest BCUT2D eigenvalue weighted by Crippen LogP contribution is 2.31. The number of rotatable bonds is 5. The summed E-state index contributed by atoms with van der Waals surface area (Å²) in [5.41, 5.74) is 6.86. The first-order chi connectivity index (χ1) is 7.54. The van der Waals surface area contributed by atoms with Gasteiger partial charge in [-0.15, -0.1) is 11.8 Å². The fraction of sp³-hybridized carbons (Fsp3) is 0.538. The van der Waals surface area contributed by atoms with Crippen LogP contribution in [0.4, 0.5) is 0 Å². The summed E-state index contributed by atoms with van der Waals surface area (Å²) in [5.74, 6) is 0.701. The highest BCUT2D eigenvalue weighted by Gasteiger charge is 2.09. The number of hydrogen-bond acceptors (Lipinski definition) is 2. The zero-order valence-corrected chi connectivity index (χ0v) is 12.6. The molecule has 0 radical (unpaired) electrons. The third kappa shape index (κ3) is 4.11. The molecule has 0 aliphatic heterocycles. The Kier molecular flexibility index (Phi) is 5.87. The summed E-state index contributed by atoms with van der Waals surface area (Å²) in [7, 11) is 0. The van der Waals surface area contributed by atoms with Gasteiger partial charge in [0.05, 0.1) is 0 Å². The third-order valence-corrected chi connectivity index (χ3v) is 4.88. The second kappa shape index (κ2) is 6.67. The molecule has 0 saturated heterocycles. The Morgan fingerprint density at radius 3 is 2.50 bits per heavy atom. The lowest BCUT2D eigenvalue weighted by molar-refractivity contribution is 0.642. The van der Waals surface area contributed by atoms with Crippen molar-refractivity contribution in [1.82, 2.24) is 0 Å². The Bertz CT molecular complexity index is 339. The largest absolute Gasteiger partial charge is 0.330 e. The Hall–Kier alpha value is 0.01000. The fourth-order valence-electron chi connectivity index (χ4n) is 1.31. The van der Waals surface area contributed by atoms with Crippen LogP contribution < -0.4 is 5.73 Å². The van der Waals surface area contributed by atoms with Gasteiger partial charge in [0.15, 0.2) is 0 Å². The number of thioether (sulfide) groups is 1. The first-order valence-corrected chi connectivity index (χ1v) is 7.37. The summed E-state index contributed by atoms with van der Waals surface area (Å²) in [6, 6.07) is 6.57. The molecule has 3 heteroatoms. The molecular formula is C13H20BrNS. The zero-order chi connectivity index (χ0) is 12.1. The van der Waals surface area contributed by atoms with Gasteiger partial charge in [-0.05, 0) is 36.6 Å². The van der Waals surface area contributed by atoms with Crippen molar-refractivity contribution in [3.63, 3.8) is 0 Å². The molecule has 1 atom stereocenters. The van der Waals surface area contributed by atoms with Gasteiger partial charge in [0.2, 0.25) is 0 Å².